The molecule has 0 saturated carbocycles. The Morgan fingerprint density at radius 3 is 2.62 bits per heavy atom. The summed E-state index contributed by atoms with van der Waals surface area (Å²) in [5.41, 5.74) is 1.96. The van der Waals surface area contributed by atoms with Crippen LogP contribution in [0.4, 0.5) is 0 Å². The highest BCUT2D eigenvalue weighted by molar-refractivity contribution is 14.0. The summed E-state index contributed by atoms with van der Waals surface area (Å²) in [5, 5.41) is 11.2. The number of halogens is 1. The number of benzene rings is 1. The van der Waals surface area contributed by atoms with E-state index < -0.39 is 0 Å². The van der Waals surface area contributed by atoms with E-state index in [0.717, 1.165) is 36.1 Å². The van der Waals surface area contributed by atoms with Gasteiger partial charge in [0.25, 0.3) is 0 Å². The first-order valence-electron chi connectivity index (χ1n) is 8.39. The van der Waals surface area contributed by atoms with Gasteiger partial charge in [-0.3, -0.25) is 4.99 Å². The molecular weight excluding hydrogens is 461 g/mol. The number of methoxy groups -OCH3 is 1. The summed E-state index contributed by atoms with van der Waals surface area (Å²) in [6.45, 7) is 1.56. The molecule has 0 aliphatic rings. The van der Waals surface area contributed by atoms with Gasteiger partial charge in [-0.1, -0.05) is 0 Å². The second kappa shape index (κ2) is 12.9. The van der Waals surface area contributed by atoms with Crippen LogP contribution in [-0.4, -0.2) is 48.5 Å². The van der Waals surface area contributed by atoms with Crippen molar-refractivity contribution in [3.8, 4) is 11.4 Å². The van der Waals surface area contributed by atoms with Crippen LogP contribution in [0.2, 0.25) is 0 Å². The molecule has 2 aromatic rings. The van der Waals surface area contributed by atoms with Crippen LogP contribution in [0.15, 0.2) is 41.5 Å². The SMILES string of the molecule is CN=C(NCCCCSC)NCc1ccn(-c2ccc(OC)cc2)n1.I. The topological polar surface area (TPSA) is 63.5 Å². The van der Waals surface area contributed by atoms with E-state index in [1.807, 2.05) is 53.0 Å². The van der Waals surface area contributed by atoms with Crippen LogP contribution in [0.25, 0.3) is 5.69 Å². The minimum Gasteiger partial charge on any atom is -0.497 e. The molecule has 0 aliphatic carbocycles. The molecule has 0 fully saturated rings. The van der Waals surface area contributed by atoms with Gasteiger partial charge in [-0.05, 0) is 55.2 Å². The van der Waals surface area contributed by atoms with Crippen molar-refractivity contribution >= 4 is 41.7 Å². The van der Waals surface area contributed by atoms with E-state index in [1.54, 1.807) is 14.2 Å². The third-order valence-electron chi connectivity index (χ3n) is 3.71. The van der Waals surface area contributed by atoms with E-state index >= 15 is 0 Å². The van der Waals surface area contributed by atoms with Crippen LogP contribution in [0.5, 0.6) is 5.75 Å². The average Bonchev–Trinajstić information content (AvgIpc) is 3.13. The molecule has 26 heavy (non-hydrogen) atoms. The second-order valence-electron chi connectivity index (χ2n) is 5.50. The summed E-state index contributed by atoms with van der Waals surface area (Å²) in [7, 11) is 3.45. The van der Waals surface area contributed by atoms with Gasteiger partial charge in [-0.2, -0.15) is 16.9 Å². The molecule has 1 aromatic heterocycles. The van der Waals surface area contributed by atoms with Gasteiger partial charge in [-0.15, -0.1) is 24.0 Å². The molecular formula is C18H28IN5OS. The number of nitrogens with zero attached hydrogens (tertiary/aromatic N) is 3. The highest BCUT2D eigenvalue weighted by Gasteiger charge is 2.03. The molecule has 1 heterocycles. The Bertz CT molecular complexity index is 660. The van der Waals surface area contributed by atoms with Crippen LogP contribution in [0, 0.1) is 0 Å². The van der Waals surface area contributed by atoms with Crippen LogP contribution < -0.4 is 15.4 Å². The van der Waals surface area contributed by atoms with Gasteiger partial charge in [0.1, 0.15) is 5.75 Å². The molecule has 0 unspecified atom stereocenters. The summed E-state index contributed by atoms with van der Waals surface area (Å²) in [6, 6.07) is 9.83. The largest absolute Gasteiger partial charge is 0.497 e. The van der Waals surface area contributed by atoms with Gasteiger partial charge in [0.2, 0.25) is 0 Å². The Labute approximate surface area is 177 Å². The van der Waals surface area contributed by atoms with Gasteiger partial charge < -0.3 is 15.4 Å². The quantitative estimate of drug-likeness (QED) is 0.245. The summed E-state index contributed by atoms with van der Waals surface area (Å²) >= 11 is 1.89. The lowest BCUT2D eigenvalue weighted by molar-refractivity contribution is 0.414. The minimum absolute atomic E-state index is 0. The Kier molecular flexibility index (Phi) is 11.2. The Morgan fingerprint density at radius 1 is 1.19 bits per heavy atom. The molecule has 0 atom stereocenters. The number of unbranched alkanes of at least 4 members (excludes halogenated alkanes) is 1. The zero-order valence-electron chi connectivity index (χ0n) is 15.6. The fourth-order valence-electron chi connectivity index (χ4n) is 2.31. The Hall–Kier alpha value is -1.42. The van der Waals surface area contributed by atoms with Crippen molar-refractivity contribution in [3.63, 3.8) is 0 Å². The van der Waals surface area contributed by atoms with Gasteiger partial charge in [-0.25, -0.2) is 4.68 Å². The van der Waals surface area contributed by atoms with E-state index in [9.17, 15) is 0 Å². The van der Waals surface area contributed by atoms with Crippen LogP contribution >= 0.6 is 35.7 Å². The first kappa shape index (κ1) is 22.6. The van der Waals surface area contributed by atoms with E-state index in [-0.39, 0.29) is 24.0 Å². The minimum atomic E-state index is 0. The lowest BCUT2D eigenvalue weighted by Gasteiger charge is -2.10. The smallest absolute Gasteiger partial charge is 0.191 e. The van der Waals surface area contributed by atoms with Gasteiger partial charge in [0, 0.05) is 19.8 Å². The summed E-state index contributed by atoms with van der Waals surface area (Å²) in [5.74, 6) is 2.85. The fourth-order valence-corrected chi connectivity index (χ4v) is 2.80. The number of aliphatic imine (C=N–C) groups is 1. The van der Waals surface area contributed by atoms with Crippen LogP contribution in [0.3, 0.4) is 0 Å². The van der Waals surface area contributed by atoms with Crippen molar-refractivity contribution in [1.82, 2.24) is 20.4 Å². The van der Waals surface area contributed by atoms with E-state index in [1.165, 1.54) is 12.2 Å². The molecule has 0 bridgehead atoms. The summed E-state index contributed by atoms with van der Waals surface area (Å²) in [4.78, 5) is 4.25. The maximum Gasteiger partial charge on any atom is 0.191 e. The predicted octanol–water partition coefficient (Wildman–Crippen LogP) is 3.31. The highest BCUT2D eigenvalue weighted by Crippen LogP contribution is 2.14. The number of ether oxygens (including phenoxy) is 1. The van der Waals surface area contributed by atoms with Crippen molar-refractivity contribution in [1.29, 1.82) is 0 Å². The molecule has 6 nitrogen and oxygen atoms in total. The Balaban J connectivity index is 0.00000338. The molecule has 0 saturated heterocycles. The zero-order valence-corrected chi connectivity index (χ0v) is 18.7. The molecule has 0 spiro atoms. The van der Waals surface area contributed by atoms with Crippen molar-refractivity contribution < 1.29 is 4.74 Å². The van der Waals surface area contributed by atoms with E-state index in [2.05, 4.69) is 27.0 Å². The van der Waals surface area contributed by atoms with Crippen molar-refractivity contribution in [3.05, 3.63) is 42.2 Å². The summed E-state index contributed by atoms with van der Waals surface area (Å²) in [6.07, 6.45) is 6.46. The van der Waals surface area contributed by atoms with Crippen LogP contribution in [0.1, 0.15) is 18.5 Å². The van der Waals surface area contributed by atoms with Crippen LogP contribution in [-0.2, 0) is 6.54 Å². The number of thioether (sulfide) groups is 1. The van der Waals surface area contributed by atoms with E-state index in [4.69, 9.17) is 4.74 Å². The molecule has 0 amide bonds. The van der Waals surface area contributed by atoms with Crippen molar-refractivity contribution in [2.75, 3.05) is 32.7 Å². The normalized spacial score (nSPS) is 11.0. The van der Waals surface area contributed by atoms with Gasteiger partial charge >= 0.3 is 0 Å². The highest BCUT2D eigenvalue weighted by atomic mass is 127. The molecule has 8 heteroatoms. The summed E-state index contributed by atoms with van der Waals surface area (Å²) < 4.78 is 7.04. The maximum atomic E-state index is 5.18. The lowest BCUT2D eigenvalue weighted by Crippen LogP contribution is -2.37. The maximum absolute atomic E-state index is 5.18. The number of aromatic nitrogens is 2. The van der Waals surface area contributed by atoms with Gasteiger partial charge in [0.05, 0.1) is 25.0 Å². The van der Waals surface area contributed by atoms with Crippen molar-refractivity contribution in [2.45, 2.75) is 19.4 Å². The molecule has 2 rings (SSSR count). The predicted molar refractivity (Wildman–Crippen MR) is 121 cm³/mol. The molecule has 144 valence electrons. The zero-order chi connectivity index (χ0) is 17.9. The van der Waals surface area contributed by atoms with Crippen molar-refractivity contribution in [2.24, 2.45) is 4.99 Å². The fraction of sp³-hybridized carbons (Fsp3) is 0.444. The molecule has 2 N–H and O–H groups in total. The Morgan fingerprint density at radius 2 is 1.96 bits per heavy atom. The number of nitrogens with one attached hydrogen (secondary N) is 2. The number of guanidine groups is 1. The third kappa shape index (κ3) is 7.45. The number of hydrogen-bond acceptors (Lipinski definition) is 4. The third-order valence-corrected chi connectivity index (χ3v) is 4.41. The number of hydrogen-bond donors (Lipinski definition) is 2. The lowest BCUT2D eigenvalue weighted by atomic mass is 10.3. The monoisotopic (exact) mass is 489 g/mol. The first-order valence-corrected chi connectivity index (χ1v) is 9.78. The molecule has 0 aliphatic heterocycles. The average molecular weight is 489 g/mol. The van der Waals surface area contributed by atoms with Gasteiger partial charge in [0.15, 0.2) is 5.96 Å². The van der Waals surface area contributed by atoms with E-state index in [0.29, 0.717) is 6.54 Å². The molecule has 0 radical (unpaired) electrons. The standard InChI is InChI=1S/C18H27N5OS.HI/c1-19-18(20-11-4-5-13-25-3)21-14-15-10-12-23(22-15)16-6-8-17(24-2)9-7-16;/h6-10,12H,4-5,11,13-14H2,1-3H3,(H2,19,20,21);1H. The number of rotatable bonds is 9. The molecule has 1 aromatic carbocycles. The second-order valence-corrected chi connectivity index (χ2v) is 6.49. The first-order chi connectivity index (χ1) is 12.3.